The number of aliphatic imine (C=N–C) groups is 1. The molecule has 34 heteroatoms. The average molecular weight is 1540 g/mol. The molecule has 0 spiro atoms. The summed E-state index contributed by atoms with van der Waals surface area (Å²) in [7, 11) is 0. The third-order valence-corrected chi connectivity index (χ3v) is 18.3. The fourth-order valence-electron chi connectivity index (χ4n) is 12.1. The number of aromatic amines is 1. The van der Waals surface area contributed by atoms with E-state index in [2.05, 4.69) is 52.2 Å². The van der Waals surface area contributed by atoms with Gasteiger partial charge in [0.2, 0.25) is 47.3 Å². The molecular formula is C76H106N14O20. The summed E-state index contributed by atoms with van der Waals surface area (Å²) in [6, 6.07) is 15.7. The van der Waals surface area contributed by atoms with Gasteiger partial charge in [-0.2, -0.15) is 0 Å². The second-order valence-corrected chi connectivity index (χ2v) is 27.4. The molecule has 3 aromatic carbocycles. The maximum Gasteiger partial charge on any atom is 0.325 e. The lowest BCUT2D eigenvalue weighted by atomic mass is 9.88. The van der Waals surface area contributed by atoms with E-state index in [4.69, 9.17) is 22.9 Å². The number of Topliss-reactive ketones (excluding diaryl/α,β-unsaturated/α-hetero) is 6. The molecule has 21 N–H and O–H groups in total. The Hall–Kier alpha value is -10.8. The van der Waals surface area contributed by atoms with Crippen molar-refractivity contribution in [3.8, 4) is 0 Å². The Kier molecular flexibility index (Phi) is 39.9. The highest BCUT2D eigenvalue weighted by molar-refractivity contribution is 6.00. The molecular weight excluding hydrogens is 1430 g/mol. The molecule has 34 nitrogen and oxygen atoms in total. The number of hydrogen-bond acceptors (Lipinski definition) is 22. The lowest BCUT2D eigenvalue weighted by molar-refractivity contribution is -0.142. The highest BCUT2D eigenvalue weighted by Crippen LogP contribution is 2.23. The number of aliphatic hydroxyl groups excluding tert-OH is 4. The van der Waals surface area contributed by atoms with E-state index < -0.39 is 230 Å². The largest absolute Gasteiger partial charge is 0.480 e. The number of ketones is 6. The molecule has 0 aliphatic carbocycles. The monoisotopic (exact) mass is 1530 g/mol. The van der Waals surface area contributed by atoms with Gasteiger partial charge in [0.15, 0.2) is 40.7 Å². The summed E-state index contributed by atoms with van der Waals surface area (Å²) in [5.41, 5.74) is 24.7. The molecule has 1 heterocycles. The molecule has 0 aliphatic rings. The summed E-state index contributed by atoms with van der Waals surface area (Å²) in [5, 5.41) is 69.7. The van der Waals surface area contributed by atoms with Gasteiger partial charge in [-0.05, 0) is 95.4 Å². The minimum atomic E-state index is -1.80. The van der Waals surface area contributed by atoms with Gasteiger partial charge in [-0.15, -0.1) is 0 Å². The van der Waals surface area contributed by atoms with Gasteiger partial charge in [0, 0.05) is 94.5 Å². The first-order chi connectivity index (χ1) is 52.2. The summed E-state index contributed by atoms with van der Waals surface area (Å²) in [6.07, 6.45) is -5.65. The van der Waals surface area contributed by atoms with Crippen LogP contribution in [0.3, 0.4) is 0 Å². The maximum absolute atomic E-state index is 14.8. The zero-order chi connectivity index (χ0) is 81.6. The van der Waals surface area contributed by atoms with Crippen LogP contribution in [-0.2, 0) is 97.6 Å². The molecule has 0 saturated carbocycles. The van der Waals surface area contributed by atoms with Gasteiger partial charge in [-0.1, -0.05) is 91.0 Å². The van der Waals surface area contributed by atoms with E-state index in [1.54, 1.807) is 91.0 Å². The number of nitrogens with two attached hydrogens (primary N) is 4. The number of imidazole rings is 1. The Balaban J connectivity index is 1.49. The van der Waals surface area contributed by atoms with E-state index in [9.17, 15) is 97.5 Å². The van der Waals surface area contributed by atoms with Gasteiger partial charge in [0.25, 0.3) is 0 Å². The number of aliphatic hydroxyl groups is 4. The van der Waals surface area contributed by atoms with Crippen molar-refractivity contribution in [1.82, 2.24) is 47.2 Å². The number of rotatable bonds is 54. The molecule has 0 saturated heterocycles. The van der Waals surface area contributed by atoms with Crippen LogP contribution < -0.4 is 60.2 Å². The quantitative estimate of drug-likeness (QED) is 0.0132. The number of guanidine groups is 1. The minimum Gasteiger partial charge on any atom is -0.480 e. The molecule has 4 aromatic rings. The molecule has 4 rings (SSSR count). The molecule has 8 amide bonds. The highest BCUT2D eigenvalue weighted by Gasteiger charge is 2.39. The van der Waals surface area contributed by atoms with Gasteiger partial charge in [-0.25, -0.2) is 4.98 Å². The summed E-state index contributed by atoms with van der Waals surface area (Å²) >= 11 is 0. The predicted octanol–water partition coefficient (Wildman–Crippen LogP) is -1.77. The number of aliphatic carboxylic acids is 1. The van der Waals surface area contributed by atoms with Crippen molar-refractivity contribution in [3.63, 3.8) is 0 Å². The Bertz CT molecular complexity index is 3750. The van der Waals surface area contributed by atoms with Crippen molar-refractivity contribution >= 4 is 93.9 Å². The predicted molar refractivity (Wildman–Crippen MR) is 399 cm³/mol. The molecule has 1 aromatic heterocycles. The second kappa shape index (κ2) is 47.9. The third-order valence-electron chi connectivity index (χ3n) is 18.3. The molecule has 0 aliphatic heterocycles. The summed E-state index contributed by atoms with van der Waals surface area (Å²) < 4.78 is 0. The maximum atomic E-state index is 14.8. The average Bonchev–Trinajstić information content (AvgIpc) is 1.02. The number of primary amides is 1. The number of amides is 8. The van der Waals surface area contributed by atoms with Crippen LogP contribution in [-0.4, -0.2) is 210 Å². The van der Waals surface area contributed by atoms with E-state index in [-0.39, 0.29) is 76.8 Å². The number of carboxylic acids is 1. The van der Waals surface area contributed by atoms with Crippen LogP contribution in [0.2, 0.25) is 0 Å². The van der Waals surface area contributed by atoms with Gasteiger partial charge in [0.05, 0.1) is 74.2 Å². The lowest BCUT2D eigenvalue weighted by Crippen LogP contribution is -2.52. The minimum absolute atomic E-state index is 0.0276. The Morgan fingerprint density at radius 2 is 0.900 bits per heavy atom. The fourth-order valence-corrected chi connectivity index (χ4v) is 12.1. The Morgan fingerprint density at radius 3 is 1.37 bits per heavy atom. The second-order valence-electron chi connectivity index (χ2n) is 27.4. The molecule has 0 bridgehead atoms. The van der Waals surface area contributed by atoms with Crippen molar-refractivity contribution in [1.29, 1.82) is 0 Å². The van der Waals surface area contributed by atoms with Crippen LogP contribution in [0.25, 0.3) is 0 Å². The number of H-pyrrole nitrogens is 1. The zero-order valence-corrected chi connectivity index (χ0v) is 62.3. The van der Waals surface area contributed by atoms with Crippen LogP contribution in [0.4, 0.5) is 0 Å². The Morgan fingerprint density at radius 1 is 0.464 bits per heavy atom. The molecule has 600 valence electrons. The fraction of sp³-hybridized carbons (Fsp3) is 0.513. The first-order valence-corrected chi connectivity index (χ1v) is 36.4. The van der Waals surface area contributed by atoms with Crippen molar-refractivity contribution in [2.75, 3.05) is 26.3 Å². The summed E-state index contributed by atoms with van der Waals surface area (Å²) in [4.78, 5) is 216. The van der Waals surface area contributed by atoms with Crippen LogP contribution in [0, 0.1) is 29.6 Å². The van der Waals surface area contributed by atoms with Crippen molar-refractivity contribution in [2.24, 2.45) is 57.5 Å². The van der Waals surface area contributed by atoms with Crippen molar-refractivity contribution in [3.05, 3.63) is 126 Å². The van der Waals surface area contributed by atoms with Crippen molar-refractivity contribution < 1.29 is 97.5 Å². The Labute approximate surface area is 637 Å². The standard InChI is InChI=1S/C76H106N14O20/c1-43(75(109)110)84-71(105)51(29-47-17-8-5-9-18-47)33-64(100)59(38-66(78)102)86-67(103)26-25-60(96)68(44(2)93)89-74(108)53(40-91)35-61(97)56(24-14-15-27-77)87-73(107)54(41-92)36-65(101)69(45(3)94)90-70(104)50(23-16-28-82-76(79)80)32-62(98)58(37-55-39-81-42-83-55)88-72(106)52(30-48-19-10-6-11-20-48)34-63(99)57(85-46(4)95)31-49-21-12-7-13-22-49/h5-13,17-22,39,42-45,50-54,56-59,68-69,91-94H,14-16,23-38,40-41,77H2,1-4H3,(H2,78,102)(H,81,83)(H,84,105)(H,85,95)(H,86,103)(H,87,107)(H,88,106)(H,89,108)(H,90,104)(H,109,110)(H4,79,80,82)/t43-,44?,45?,50?,51?,52?,53?,54?,56?,57?,58?,59?,68?,69?/m0/s1. The SMILES string of the molecule is CC(=O)NC(Cc1ccccc1)C(=O)CC(Cc1ccccc1)C(=O)NC(Cc1cnc[nH]1)C(=O)CC(CCCN=C(N)N)C(=O)NC(C(=O)CC(CO)C(=O)NC(CCCCN)C(=O)CC(CO)C(=O)NC(C(=O)CCC(=O)NC(CC(N)=O)C(=O)CC(Cc1ccccc1)C(=O)N[C@@H](C)C(=O)O)C(C)O)C(C)O. The van der Waals surface area contributed by atoms with E-state index in [1.165, 1.54) is 26.4 Å². The van der Waals surface area contributed by atoms with E-state index in [1.807, 2.05) is 0 Å². The first-order valence-electron chi connectivity index (χ1n) is 36.4. The van der Waals surface area contributed by atoms with Crippen LogP contribution in [0.5, 0.6) is 0 Å². The summed E-state index contributed by atoms with van der Waals surface area (Å²) in [6.45, 7) is 2.80. The zero-order valence-electron chi connectivity index (χ0n) is 62.3. The number of carboxylic acid groups (broad SMARTS) is 1. The number of hydrogen-bond donors (Lipinski definition) is 17. The smallest absolute Gasteiger partial charge is 0.325 e. The van der Waals surface area contributed by atoms with Crippen LogP contribution in [0.1, 0.15) is 134 Å². The number of unbranched alkanes of at least 4 members (excludes halogenated alkanes) is 1. The molecule has 14 atom stereocenters. The van der Waals surface area contributed by atoms with Crippen LogP contribution in [0.15, 0.2) is 109 Å². The molecule has 0 fully saturated rings. The lowest BCUT2D eigenvalue weighted by Gasteiger charge is -2.27. The van der Waals surface area contributed by atoms with Crippen molar-refractivity contribution in [2.45, 2.75) is 191 Å². The first kappa shape index (κ1) is 91.6. The van der Waals surface area contributed by atoms with Gasteiger partial charge >= 0.3 is 5.97 Å². The number of carbonyl (C=O) groups is 15. The van der Waals surface area contributed by atoms with Gasteiger partial charge < -0.3 is 90.7 Å². The number of carbonyl (C=O) groups excluding carboxylic acids is 14. The van der Waals surface area contributed by atoms with E-state index in [0.717, 1.165) is 19.4 Å². The topological polar surface area (TPSA) is 587 Å². The molecule has 0 radical (unpaired) electrons. The number of nitrogens with zero attached hydrogens (tertiary/aromatic N) is 2. The highest BCUT2D eigenvalue weighted by atomic mass is 16.4. The normalized spacial score (nSPS) is 15.0. The number of benzene rings is 3. The number of nitrogens with one attached hydrogen (secondary N) is 8. The van der Waals surface area contributed by atoms with E-state index in [0.29, 0.717) is 23.2 Å². The summed E-state index contributed by atoms with van der Waals surface area (Å²) in [5.74, 6) is -20.5. The van der Waals surface area contributed by atoms with E-state index >= 15 is 0 Å². The molecule has 13 unspecified atom stereocenters. The third kappa shape index (κ3) is 33.0. The van der Waals surface area contributed by atoms with Gasteiger partial charge in [0.1, 0.15) is 18.1 Å². The number of aromatic nitrogens is 2. The van der Waals surface area contributed by atoms with Crippen LogP contribution >= 0.6 is 0 Å². The molecule has 110 heavy (non-hydrogen) atoms. The van der Waals surface area contributed by atoms with Gasteiger partial charge in [-0.3, -0.25) is 76.9 Å².